The molecule has 2 aromatic carbocycles. The largest absolute Gasteiger partial charge is 0.507 e. The minimum atomic E-state index is -1.30. The van der Waals surface area contributed by atoms with Crippen LogP contribution in [-0.2, 0) is 6.42 Å². The molecule has 3 N–H and O–H groups in total. The van der Waals surface area contributed by atoms with E-state index in [0.29, 0.717) is 5.56 Å². The summed E-state index contributed by atoms with van der Waals surface area (Å²) >= 11 is 0. The van der Waals surface area contributed by atoms with Gasteiger partial charge in [-0.3, -0.25) is 0 Å². The monoisotopic (exact) mass is 324 g/mol. The van der Waals surface area contributed by atoms with Gasteiger partial charge in [-0.15, -0.1) is 0 Å². The summed E-state index contributed by atoms with van der Waals surface area (Å²) < 4.78 is 4.94. The molecule has 0 aliphatic heterocycles. The van der Waals surface area contributed by atoms with Crippen LogP contribution in [-0.4, -0.2) is 28.4 Å². The minimum absolute atomic E-state index is 0.00350. The van der Waals surface area contributed by atoms with E-state index in [1.54, 1.807) is 0 Å². The summed E-state index contributed by atoms with van der Waals surface area (Å²) in [6.07, 6.45) is 0.0316. The highest BCUT2D eigenvalue weighted by Crippen LogP contribution is 2.35. The Labute approximate surface area is 137 Å². The van der Waals surface area contributed by atoms with Crippen molar-refractivity contribution in [1.82, 2.24) is 0 Å². The summed E-state index contributed by atoms with van der Waals surface area (Å²) in [7, 11) is 1.30. The topological polar surface area (TPSA) is 135 Å². The van der Waals surface area contributed by atoms with Gasteiger partial charge in [0.2, 0.25) is 0 Å². The third-order valence-corrected chi connectivity index (χ3v) is 3.50. The summed E-state index contributed by atoms with van der Waals surface area (Å²) in [5, 5.41) is 47.2. The van der Waals surface area contributed by atoms with Crippen molar-refractivity contribution in [3.8, 4) is 29.4 Å². The van der Waals surface area contributed by atoms with E-state index in [4.69, 9.17) is 9.84 Å². The average molecular weight is 324 g/mol. The van der Waals surface area contributed by atoms with Crippen molar-refractivity contribution in [2.45, 2.75) is 6.42 Å². The van der Waals surface area contributed by atoms with Crippen LogP contribution in [0.1, 0.15) is 32.6 Å². The lowest BCUT2D eigenvalue weighted by molar-refractivity contribution is 0.0693. The summed E-state index contributed by atoms with van der Waals surface area (Å²) in [5.41, 5.74) is 0.437. The Hall–Kier alpha value is -3.71. The maximum absolute atomic E-state index is 11.1. The van der Waals surface area contributed by atoms with Crippen molar-refractivity contribution in [1.29, 1.82) is 10.5 Å². The number of phenols is 2. The number of carbonyl (C=O) groups is 1. The predicted octanol–water partition coefficient (Wildman–Crippen LogP) is 2.14. The molecular formula is C17H12N2O5. The van der Waals surface area contributed by atoms with Crippen molar-refractivity contribution in [2.75, 3.05) is 7.11 Å². The minimum Gasteiger partial charge on any atom is -0.507 e. The molecule has 24 heavy (non-hydrogen) atoms. The van der Waals surface area contributed by atoms with Crippen molar-refractivity contribution in [3.05, 3.63) is 52.1 Å². The lowest BCUT2D eigenvalue weighted by Crippen LogP contribution is -2.02. The van der Waals surface area contributed by atoms with Crippen LogP contribution in [0.15, 0.2) is 24.3 Å². The van der Waals surface area contributed by atoms with Crippen molar-refractivity contribution < 1.29 is 24.9 Å². The number of aromatic hydroxyl groups is 2. The van der Waals surface area contributed by atoms with Crippen LogP contribution < -0.4 is 4.74 Å². The van der Waals surface area contributed by atoms with Gasteiger partial charge in [0.05, 0.1) is 18.7 Å². The Bertz CT molecular complexity index is 907. The zero-order chi connectivity index (χ0) is 17.9. The van der Waals surface area contributed by atoms with E-state index in [9.17, 15) is 25.5 Å². The SMILES string of the molecule is COc1cc(C#N)c(Cc2ccc(O)c(C(=O)O)c2)c(C#N)c1O. The molecule has 0 aliphatic rings. The summed E-state index contributed by atoms with van der Waals surface area (Å²) in [4.78, 5) is 11.1. The zero-order valence-corrected chi connectivity index (χ0v) is 12.6. The van der Waals surface area contributed by atoms with Gasteiger partial charge >= 0.3 is 5.97 Å². The van der Waals surface area contributed by atoms with E-state index in [-0.39, 0.29) is 45.9 Å². The number of rotatable bonds is 4. The number of nitrogens with zero attached hydrogens (tertiary/aromatic N) is 2. The first-order valence-electron chi connectivity index (χ1n) is 6.71. The van der Waals surface area contributed by atoms with Crippen LogP contribution in [0, 0.1) is 22.7 Å². The number of aromatic carboxylic acids is 1. The lowest BCUT2D eigenvalue weighted by Gasteiger charge is -2.12. The van der Waals surface area contributed by atoms with E-state index in [2.05, 4.69) is 0 Å². The third kappa shape index (κ3) is 2.92. The molecule has 2 rings (SSSR count). The van der Waals surface area contributed by atoms with E-state index >= 15 is 0 Å². The van der Waals surface area contributed by atoms with Crippen LogP contribution in [0.5, 0.6) is 17.2 Å². The molecule has 0 saturated heterocycles. The smallest absolute Gasteiger partial charge is 0.339 e. The second-order valence-electron chi connectivity index (χ2n) is 4.89. The van der Waals surface area contributed by atoms with Gasteiger partial charge in [-0.05, 0) is 23.3 Å². The average Bonchev–Trinajstić information content (AvgIpc) is 2.56. The van der Waals surface area contributed by atoms with Gasteiger partial charge in [-0.2, -0.15) is 10.5 Å². The molecule has 0 aromatic heterocycles. The highest BCUT2D eigenvalue weighted by atomic mass is 16.5. The van der Waals surface area contributed by atoms with Crippen molar-refractivity contribution in [2.24, 2.45) is 0 Å². The fraction of sp³-hybridized carbons (Fsp3) is 0.118. The van der Waals surface area contributed by atoms with Gasteiger partial charge in [0, 0.05) is 12.5 Å². The highest BCUT2D eigenvalue weighted by Gasteiger charge is 2.19. The molecule has 0 atom stereocenters. The molecular weight excluding hydrogens is 312 g/mol. The number of benzene rings is 2. The normalized spacial score (nSPS) is 9.79. The fourth-order valence-electron chi connectivity index (χ4n) is 2.32. The second kappa shape index (κ2) is 6.59. The van der Waals surface area contributed by atoms with Gasteiger partial charge in [0.1, 0.15) is 22.9 Å². The first-order valence-corrected chi connectivity index (χ1v) is 6.71. The molecule has 7 nitrogen and oxygen atoms in total. The Kier molecular flexibility index (Phi) is 4.57. The Balaban J connectivity index is 2.61. The highest BCUT2D eigenvalue weighted by molar-refractivity contribution is 5.91. The molecule has 0 radical (unpaired) electrons. The number of ether oxygens (including phenoxy) is 1. The number of hydrogen-bond acceptors (Lipinski definition) is 6. The van der Waals surface area contributed by atoms with Gasteiger partial charge in [-0.25, -0.2) is 4.79 Å². The molecule has 120 valence electrons. The van der Waals surface area contributed by atoms with Gasteiger partial charge < -0.3 is 20.1 Å². The number of phenolic OH excluding ortho intramolecular Hbond substituents is 1. The van der Waals surface area contributed by atoms with E-state index in [1.165, 1.54) is 31.4 Å². The second-order valence-corrected chi connectivity index (χ2v) is 4.89. The number of nitriles is 2. The maximum Gasteiger partial charge on any atom is 0.339 e. The summed E-state index contributed by atoms with van der Waals surface area (Å²) in [6.45, 7) is 0. The fourth-order valence-corrected chi connectivity index (χ4v) is 2.32. The first-order chi connectivity index (χ1) is 11.4. The third-order valence-electron chi connectivity index (χ3n) is 3.50. The van der Waals surface area contributed by atoms with Crippen molar-refractivity contribution in [3.63, 3.8) is 0 Å². The van der Waals surface area contributed by atoms with Crippen LogP contribution in [0.25, 0.3) is 0 Å². The molecule has 0 amide bonds. The van der Waals surface area contributed by atoms with E-state index in [1.807, 2.05) is 12.1 Å². The Morgan fingerprint density at radius 2 is 1.92 bits per heavy atom. The number of carboxylic acid groups (broad SMARTS) is 1. The number of hydrogen-bond donors (Lipinski definition) is 3. The molecule has 0 spiro atoms. The standard InChI is InChI=1S/C17H12N2O5/c1-24-15-6-10(7-18)11(13(8-19)16(15)21)4-9-2-3-14(20)12(5-9)17(22)23/h2-3,5-6,20-21H,4H2,1H3,(H,22,23). The molecule has 0 aliphatic carbocycles. The maximum atomic E-state index is 11.1. The molecule has 0 heterocycles. The summed E-state index contributed by atoms with van der Waals surface area (Å²) in [6, 6.07) is 9.03. The predicted molar refractivity (Wildman–Crippen MR) is 82.0 cm³/mol. The van der Waals surface area contributed by atoms with Gasteiger partial charge in [0.25, 0.3) is 0 Å². The first kappa shape index (κ1) is 16.7. The van der Waals surface area contributed by atoms with Crippen LogP contribution in [0.2, 0.25) is 0 Å². The van der Waals surface area contributed by atoms with Crippen LogP contribution in [0.4, 0.5) is 0 Å². The van der Waals surface area contributed by atoms with Crippen molar-refractivity contribution >= 4 is 5.97 Å². The lowest BCUT2D eigenvalue weighted by atomic mass is 9.93. The Morgan fingerprint density at radius 1 is 1.21 bits per heavy atom. The molecule has 7 heteroatoms. The molecule has 0 saturated carbocycles. The van der Waals surface area contributed by atoms with E-state index < -0.39 is 5.97 Å². The van der Waals surface area contributed by atoms with Crippen LogP contribution >= 0.6 is 0 Å². The molecule has 0 fully saturated rings. The number of methoxy groups -OCH3 is 1. The Morgan fingerprint density at radius 3 is 2.46 bits per heavy atom. The summed E-state index contributed by atoms with van der Waals surface area (Å²) in [5.74, 6) is -2.06. The zero-order valence-electron chi connectivity index (χ0n) is 12.6. The number of carboxylic acids is 1. The van der Waals surface area contributed by atoms with Gasteiger partial charge in [-0.1, -0.05) is 6.07 Å². The molecule has 0 bridgehead atoms. The van der Waals surface area contributed by atoms with Crippen LogP contribution in [0.3, 0.4) is 0 Å². The molecule has 2 aromatic rings. The quantitative estimate of drug-likeness (QED) is 0.784. The molecule has 0 unspecified atom stereocenters. The van der Waals surface area contributed by atoms with Gasteiger partial charge in [0.15, 0.2) is 11.5 Å². The van der Waals surface area contributed by atoms with E-state index in [0.717, 1.165) is 0 Å².